The van der Waals surface area contributed by atoms with Gasteiger partial charge in [-0.2, -0.15) is 0 Å². The highest BCUT2D eigenvalue weighted by molar-refractivity contribution is 6.08. The zero-order chi connectivity index (χ0) is 33.1. The van der Waals surface area contributed by atoms with E-state index in [-0.39, 0.29) is 10.9 Å². The molecule has 49 heavy (non-hydrogen) atoms. The summed E-state index contributed by atoms with van der Waals surface area (Å²) in [6.45, 7) is 2.00. The number of nitrogens with zero attached hydrogens (tertiary/aromatic N) is 2. The fraction of sp³-hybridized carbons (Fsp3) is 0.0222. The molecule has 7 aromatic carbocycles. The first-order valence-electron chi connectivity index (χ1n) is 16.4. The second-order valence-corrected chi connectivity index (χ2v) is 12.5. The molecule has 0 saturated heterocycles. The monoisotopic (exact) mass is 630 g/mol. The quantitative estimate of drug-likeness (QED) is 0.140. The van der Waals surface area contributed by atoms with E-state index in [0.717, 1.165) is 55.9 Å². The Labute approximate surface area is 282 Å². The predicted molar refractivity (Wildman–Crippen MR) is 204 cm³/mol. The molecule has 9 aromatic rings. The molecule has 0 aliphatic rings. The number of benzene rings is 7. The number of rotatable bonds is 5. The largest absolute Gasteiger partial charge is 0.310 e. The van der Waals surface area contributed by atoms with Crippen molar-refractivity contribution in [1.82, 2.24) is 4.40 Å². The van der Waals surface area contributed by atoms with Crippen molar-refractivity contribution in [2.45, 2.75) is 6.92 Å². The first kappa shape index (κ1) is 28.7. The van der Waals surface area contributed by atoms with E-state index in [0.29, 0.717) is 27.1 Å². The Hall–Kier alpha value is -6.52. The molecule has 232 valence electrons. The van der Waals surface area contributed by atoms with Crippen molar-refractivity contribution in [3.63, 3.8) is 0 Å². The average molecular weight is 631 g/mol. The Balaban J connectivity index is 1.36. The second-order valence-electron chi connectivity index (χ2n) is 12.5. The van der Waals surface area contributed by atoms with Gasteiger partial charge in [-0.25, -0.2) is 0 Å². The highest BCUT2D eigenvalue weighted by atomic mass is 16.1. The Morgan fingerprint density at radius 1 is 0.449 bits per heavy atom. The zero-order valence-corrected chi connectivity index (χ0v) is 26.8. The smallest absolute Gasteiger partial charge is 0.197 e. The lowest BCUT2D eigenvalue weighted by molar-refractivity contribution is 1.26. The van der Waals surface area contributed by atoms with Gasteiger partial charge in [-0.3, -0.25) is 9.59 Å². The van der Waals surface area contributed by atoms with Crippen molar-refractivity contribution in [1.29, 1.82) is 0 Å². The van der Waals surface area contributed by atoms with Crippen LogP contribution < -0.4 is 15.8 Å². The first-order chi connectivity index (χ1) is 24.1. The number of para-hydroxylation sites is 2. The van der Waals surface area contributed by atoms with Crippen LogP contribution in [-0.2, 0) is 0 Å². The molecule has 0 radical (unpaired) electrons. The van der Waals surface area contributed by atoms with Gasteiger partial charge in [0.2, 0.25) is 0 Å². The van der Waals surface area contributed by atoms with Gasteiger partial charge in [0.05, 0.1) is 22.2 Å². The third-order valence-corrected chi connectivity index (χ3v) is 9.57. The number of anilines is 3. The van der Waals surface area contributed by atoms with Gasteiger partial charge in [-0.1, -0.05) is 109 Å². The summed E-state index contributed by atoms with van der Waals surface area (Å²) in [4.78, 5) is 30.2. The van der Waals surface area contributed by atoms with Crippen LogP contribution in [0.4, 0.5) is 17.1 Å². The summed E-state index contributed by atoms with van der Waals surface area (Å²) in [5, 5.41) is 2.33. The summed E-state index contributed by atoms with van der Waals surface area (Å²) in [6, 6.07) is 55.3. The summed E-state index contributed by atoms with van der Waals surface area (Å²) < 4.78 is 2.11. The van der Waals surface area contributed by atoms with Gasteiger partial charge < -0.3 is 9.30 Å². The third kappa shape index (κ3) is 4.61. The molecule has 0 fully saturated rings. The number of hydrogen-bond acceptors (Lipinski definition) is 3. The van der Waals surface area contributed by atoms with Gasteiger partial charge in [0.1, 0.15) is 0 Å². The van der Waals surface area contributed by atoms with Crippen molar-refractivity contribution in [2.24, 2.45) is 0 Å². The third-order valence-electron chi connectivity index (χ3n) is 9.57. The van der Waals surface area contributed by atoms with Crippen molar-refractivity contribution in [3.8, 4) is 22.3 Å². The molecule has 0 aliphatic carbocycles. The van der Waals surface area contributed by atoms with Gasteiger partial charge in [-0.05, 0) is 84.3 Å². The molecule has 0 amide bonds. The lowest BCUT2D eigenvalue weighted by Crippen LogP contribution is -2.15. The maximum atomic E-state index is 14.1. The van der Waals surface area contributed by atoms with Crippen LogP contribution in [-0.4, -0.2) is 4.40 Å². The Morgan fingerprint density at radius 2 is 1.06 bits per heavy atom. The van der Waals surface area contributed by atoms with Gasteiger partial charge in [0.25, 0.3) is 0 Å². The highest BCUT2D eigenvalue weighted by Crippen LogP contribution is 2.42. The van der Waals surface area contributed by atoms with Crippen LogP contribution in [0.5, 0.6) is 0 Å². The minimum absolute atomic E-state index is 0.0591. The Morgan fingerprint density at radius 3 is 1.80 bits per heavy atom. The summed E-state index contributed by atoms with van der Waals surface area (Å²) in [7, 11) is 0. The summed E-state index contributed by atoms with van der Waals surface area (Å²) >= 11 is 0. The molecule has 0 saturated carbocycles. The van der Waals surface area contributed by atoms with Gasteiger partial charge in [0.15, 0.2) is 10.9 Å². The Kier molecular flexibility index (Phi) is 6.63. The van der Waals surface area contributed by atoms with E-state index in [1.165, 1.54) is 0 Å². The molecule has 0 atom stereocenters. The zero-order valence-electron chi connectivity index (χ0n) is 26.8. The van der Waals surface area contributed by atoms with E-state index in [2.05, 4.69) is 112 Å². The SMILES string of the molecule is Cc1ccc2c(c1)c(=O)c1cccc3c(=O)c4ccc(N(c5ccc(-c6ccccc6)cc5)c5ccccc5-c5ccccc5)cc4n2c13. The van der Waals surface area contributed by atoms with Crippen LogP contribution in [0.15, 0.2) is 173 Å². The molecule has 4 nitrogen and oxygen atoms in total. The highest BCUT2D eigenvalue weighted by Gasteiger charge is 2.21. The summed E-state index contributed by atoms with van der Waals surface area (Å²) in [5.41, 5.74) is 10.4. The molecule has 0 aliphatic heterocycles. The maximum Gasteiger partial charge on any atom is 0.197 e. The maximum absolute atomic E-state index is 14.1. The second kappa shape index (κ2) is 11.3. The molecular weight excluding hydrogens is 601 g/mol. The molecular formula is C45H30N2O2. The average Bonchev–Trinajstić information content (AvgIpc) is 3.16. The van der Waals surface area contributed by atoms with E-state index in [1.807, 2.05) is 67.6 Å². The number of aromatic nitrogens is 1. The molecule has 0 spiro atoms. The van der Waals surface area contributed by atoms with Gasteiger partial charge in [-0.15, -0.1) is 0 Å². The molecule has 2 heterocycles. The number of aryl methyl sites for hydroxylation is 1. The lowest BCUT2D eigenvalue weighted by atomic mass is 10.00. The molecule has 4 heteroatoms. The van der Waals surface area contributed by atoms with E-state index in [1.54, 1.807) is 0 Å². The number of pyridine rings is 2. The van der Waals surface area contributed by atoms with Gasteiger partial charge >= 0.3 is 0 Å². The van der Waals surface area contributed by atoms with Crippen molar-refractivity contribution >= 4 is 55.2 Å². The summed E-state index contributed by atoms with van der Waals surface area (Å²) in [5.74, 6) is 0. The lowest BCUT2D eigenvalue weighted by Gasteiger charge is -2.28. The van der Waals surface area contributed by atoms with E-state index in [4.69, 9.17) is 0 Å². The number of hydrogen-bond donors (Lipinski definition) is 0. The van der Waals surface area contributed by atoms with E-state index < -0.39 is 0 Å². The van der Waals surface area contributed by atoms with Crippen molar-refractivity contribution in [2.75, 3.05) is 4.90 Å². The molecule has 9 rings (SSSR count). The van der Waals surface area contributed by atoms with Crippen LogP contribution >= 0.6 is 0 Å². The minimum atomic E-state index is -0.0820. The van der Waals surface area contributed by atoms with E-state index in [9.17, 15) is 9.59 Å². The fourth-order valence-electron chi connectivity index (χ4n) is 7.27. The molecule has 0 bridgehead atoms. The van der Waals surface area contributed by atoms with Crippen LogP contribution in [0.2, 0.25) is 0 Å². The first-order valence-corrected chi connectivity index (χ1v) is 16.4. The van der Waals surface area contributed by atoms with E-state index >= 15 is 0 Å². The van der Waals surface area contributed by atoms with Crippen molar-refractivity contribution in [3.05, 3.63) is 190 Å². The topological polar surface area (TPSA) is 41.8 Å². The fourth-order valence-corrected chi connectivity index (χ4v) is 7.27. The Bertz CT molecular complexity index is 2810. The predicted octanol–water partition coefficient (Wildman–Crippen LogP) is 10.7. The molecule has 2 aromatic heterocycles. The van der Waals surface area contributed by atoms with Crippen LogP contribution in [0.3, 0.4) is 0 Å². The normalized spacial score (nSPS) is 11.5. The minimum Gasteiger partial charge on any atom is -0.310 e. The molecule has 0 unspecified atom stereocenters. The van der Waals surface area contributed by atoms with Crippen LogP contribution in [0, 0.1) is 6.92 Å². The van der Waals surface area contributed by atoms with Crippen LogP contribution in [0.1, 0.15) is 5.56 Å². The standard InChI is InChI=1S/C45H30N2O2/c1-29-19-26-41-39(27-29)45(49)38-17-10-16-37-43(38)47(41)42-28-34(24-25-36(42)44(37)48)46(33-22-20-31(21-23-33)30-11-4-2-5-12-30)40-18-9-8-15-35(40)32-13-6-3-7-14-32/h2-28H,1H3. The van der Waals surface area contributed by atoms with Crippen LogP contribution in [0.25, 0.3) is 60.3 Å². The number of fused-ring (bicyclic) bond motifs is 4. The molecule has 0 N–H and O–H groups in total. The van der Waals surface area contributed by atoms with Crippen molar-refractivity contribution < 1.29 is 0 Å². The van der Waals surface area contributed by atoms with Gasteiger partial charge in [0, 0.05) is 38.5 Å². The summed E-state index contributed by atoms with van der Waals surface area (Å²) in [6.07, 6.45) is 0.